The Hall–Kier alpha value is -1.59. The standard InChI is InChI=1S/C23H33BrN2O5SSi/c1-16-12-17(2)14-18(13-16)22(21(24)15-31-33(6,7)23(3,4)5)25-32(29,30)20-10-8-19(9-11-20)26(27)28/h8-14,21-22,25H,15H2,1-7H3/t21-,22+/m0/s1. The minimum atomic E-state index is -3.95. The van der Waals surface area contributed by atoms with Gasteiger partial charge in [-0.3, -0.25) is 10.1 Å². The summed E-state index contributed by atoms with van der Waals surface area (Å²) in [5, 5.41) is 10.9. The van der Waals surface area contributed by atoms with Gasteiger partial charge in [0.15, 0.2) is 8.32 Å². The first-order chi connectivity index (χ1) is 15.0. The first-order valence-corrected chi connectivity index (χ1v) is 16.0. The number of non-ortho nitro benzene ring substituents is 1. The third-order valence-corrected chi connectivity index (χ3v) is 12.8. The number of sulfonamides is 1. The van der Waals surface area contributed by atoms with E-state index < -0.39 is 29.3 Å². The largest absolute Gasteiger partial charge is 0.416 e. The van der Waals surface area contributed by atoms with Crippen molar-refractivity contribution in [2.24, 2.45) is 0 Å². The fourth-order valence-corrected chi connectivity index (χ4v) is 6.41. The molecule has 1 N–H and O–H groups in total. The lowest BCUT2D eigenvalue weighted by atomic mass is 10.00. The second-order valence-corrected chi connectivity index (χ2v) is 17.6. The third-order valence-electron chi connectivity index (χ3n) is 6.01. The highest BCUT2D eigenvalue weighted by molar-refractivity contribution is 9.09. The number of benzene rings is 2. The number of aryl methyl sites for hydroxylation is 2. The molecule has 0 fully saturated rings. The zero-order chi connectivity index (χ0) is 25.2. The molecule has 0 aromatic heterocycles. The fourth-order valence-electron chi connectivity index (χ4n) is 3.12. The van der Waals surface area contributed by atoms with Crippen LogP contribution in [0.1, 0.15) is 43.5 Å². The molecule has 0 aliphatic rings. The average Bonchev–Trinajstić information content (AvgIpc) is 2.68. The van der Waals surface area contributed by atoms with Gasteiger partial charge in [0.25, 0.3) is 5.69 Å². The second kappa shape index (κ2) is 10.3. The Bertz CT molecular complexity index is 1080. The van der Waals surface area contributed by atoms with Crippen molar-refractivity contribution >= 4 is 40.0 Å². The van der Waals surface area contributed by atoms with Gasteiger partial charge in [-0.1, -0.05) is 66.0 Å². The number of nitro groups is 1. The summed E-state index contributed by atoms with van der Waals surface area (Å²) in [6, 6.07) is 10.2. The van der Waals surface area contributed by atoms with Gasteiger partial charge in [0.1, 0.15) is 0 Å². The third kappa shape index (κ3) is 7.19. The van der Waals surface area contributed by atoms with Crippen LogP contribution in [0.15, 0.2) is 47.4 Å². The molecule has 2 aromatic rings. The predicted molar refractivity (Wildman–Crippen MR) is 138 cm³/mol. The summed E-state index contributed by atoms with van der Waals surface area (Å²) in [6.45, 7) is 15.0. The zero-order valence-electron chi connectivity index (χ0n) is 20.2. The van der Waals surface area contributed by atoms with Crippen molar-refractivity contribution in [3.63, 3.8) is 0 Å². The zero-order valence-corrected chi connectivity index (χ0v) is 23.6. The summed E-state index contributed by atoms with van der Waals surface area (Å²) in [5.74, 6) is 0. The van der Waals surface area contributed by atoms with E-state index in [1.165, 1.54) is 24.3 Å². The molecule has 182 valence electrons. The van der Waals surface area contributed by atoms with E-state index in [0.717, 1.165) is 16.7 Å². The molecule has 0 radical (unpaired) electrons. The molecule has 0 spiro atoms. The number of nitrogens with zero attached hydrogens (tertiary/aromatic N) is 1. The monoisotopic (exact) mass is 556 g/mol. The molecule has 0 bridgehead atoms. The van der Waals surface area contributed by atoms with Gasteiger partial charge in [-0.2, -0.15) is 0 Å². The van der Waals surface area contributed by atoms with E-state index in [1.54, 1.807) is 0 Å². The lowest BCUT2D eigenvalue weighted by Crippen LogP contribution is -2.44. The quantitative estimate of drug-likeness (QED) is 0.176. The van der Waals surface area contributed by atoms with E-state index in [0.29, 0.717) is 6.61 Å². The van der Waals surface area contributed by atoms with Crippen molar-refractivity contribution in [1.82, 2.24) is 4.72 Å². The molecule has 0 unspecified atom stereocenters. The summed E-state index contributed by atoms with van der Waals surface area (Å²) in [5.41, 5.74) is 2.70. The van der Waals surface area contributed by atoms with E-state index in [-0.39, 0.29) is 20.4 Å². The van der Waals surface area contributed by atoms with Gasteiger partial charge in [-0.15, -0.1) is 0 Å². The predicted octanol–water partition coefficient (Wildman–Crippen LogP) is 6.02. The van der Waals surface area contributed by atoms with E-state index in [2.05, 4.69) is 54.5 Å². The molecule has 0 saturated heterocycles. The van der Waals surface area contributed by atoms with Gasteiger partial charge in [0.05, 0.1) is 20.7 Å². The number of nitro benzene ring substituents is 1. The van der Waals surface area contributed by atoms with Crippen LogP contribution in [0.25, 0.3) is 0 Å². The van der Waals surface area contributed by atoms with Crippen LogP contribution in [0, 0.1) is 24.0 Å². The maximum atomic E-state index is 13.2. The van der Waals surface area contributed by atoms with E-state index in [1.807, 2.05) is 32.0 Å². The maximum Gasteiger partial charge on any atom is 0.269 e. The molecule has 0 aliphatic carbocycles. The summed E-state index contributed by atoms with van der Waals surface area (Å²) < 4.78 is 35.6. The number of nitrogens with one attached hydrogen (secondary N) is 1. The number of hydrogen-bond donors (Lipinski definition) is 1. The van der Waals surface area contributed by atoms with Crippen LogP contribution in [0.2, 0.25) is 18.1 Å². The Morgan fingerprint density at radius 1 is 1.09 bits per heavy atom. The van der Waals surface area contributed by atoms with Crippen molar-refractivity contribution in [2.75, 3.05) is 6.61 Å². The first kappa shape index (κ1) is 27.6. The summed E-state index contributed by atoms with van der Waals surface area (Å²) >= 11 is 3.69. The number of halogens is 1. The van der Waals surface area contributed by atoms with Crippen LogP contribution in [0.4, 0.5) is 5.69 Å². The summed E-state index contributed by atoms with van der Waals surface area (Å²) in [7, 11) is -6.00. The Labute approximate surface area is 206 Å². The highest BCUT2D eigenvalue weighted by Crippen LogP contribution is 2.37. The van der Waals surface area contributed by atoms with Crippen molar-refractivity contribution in [3.8, 4) is 0 Å². The van der Waals surface area contributed by atoms with Crippen LogP contribution in [-0.2, 0) is 14.4 Å². The van der Waals surface area contributed by atoms with Crippen molar-refractivity contribution in [3.05, 3.63) is 69.3 Å². The lowest BCUT2D eigenvalue weighted by Gasteiger charge is -2.37. The van der Waals surface area contributed by atoms with Gasteiger partial charge in [-0.25, -0.2) is 13.1 Å². The van der Waals surface area contributed by atoms with Gasteiger partial charge < -0.3 is 4.43 Å². The van der Waals surface area contributed by atoms with Crippen molar-refractivity contribution < 1.29 is 17.8 Å². The molecule has 2 rings (SSSR count). The molecule has 2 aromatic carbocycles. The molecule has 2 atom stereocenters. The van der Waals surface area contributed by atoms with Crippen molar-refractivity contribution in [1.29, 1.82) is 0 Å². The van der Waals surface area contributed by atoms with Gasteiger partial charge in [-0.05, 0) is 49.7 Å². The summed E-state index contributed by atoms with van der Waals surface area (Å²) in [6.07, 6.45) is 0. The Morgan fingerprint density at radius 2 is 1.61 bits per heavy atom. The minimum absolute atomic E-state index is 0.0212. The molecule has 0 aliphatic heterocycles. The van der Waals surface area contributed by atoms with Crippen molar-refractivity contribution in [2.45, 2.75) is 68.5 Å². The lowest BCUT2D eigenvalue weighted by molar-refractivity contribution is -0.384. The van der Waals surface area contributed by atoms with Crippen LogP contribution >= 0.6 is 15.9 Å². The molecule has 7 nitrogen and oxygen atoms in total. The molecule has 0 heterocycles. The fraction of sp³-hybridized carbons (Fsp3) is 0.478. The maximum absolute atomic E-state index is 13.2. The molecular weight excluding hydrogens is 524 g/mol. The number of rotatable bonds is 9. The van der Waals surface area contributed by atoms with Gasteiger partial charge in [0.2, 0.25) is 10.0 Å². The molecule has 0 amide bonds. The molecule has 0 saturated carbocycles. The second-order valence-electron chi connectivity index (χ2n) is 9.86. The molecular formula is C23H33BrN2O5SSi. The SMILES string of the molecule is Cc1cc(C)cc([C@@H](NS(=O)(=O)c2ccc([N+](=O)[O-])cc2)[C@@H](Br)CO[Si](C)(C)C(C)(C)C)c1. The van der Waals surface area contributed by atoms with Crippen LogP contribution in [0.3, 0.4) is 0 Å². The van der Waals surface area contributed by atoms with E-state index in [4.69, 9.17) is 4.43 Å². The van der Waals surface area contributed by atoms with E-state index in [9.17, 15) is 18.5 Å². The number of hydrogen-bond acceptors (Lipinski definition) is 5. The Kier molecular flexibility index (Phi) is 8.67. The highest BCUT2D eigenvalue weighted by Gasteiger charge is 2.38. The minimum Gasteiger partial charge on any atom is -0.416 e. The molecule has 10 heteroatoms. The highest BCUT2D eigenvalue weighted by atomic mass is 79.9. The Morgan fingerprint density at radius 3 is 2.06 bits per heavy atom. The van der Waals surface area contributed by atoms with Crippen LogP contribution in [0.5, 0.6) is 0 Å². The Balaban J connectivity index is 2.39. The van der Waals surface area contributed by atoms with Crippen LogP contribution in [-0.4, -0.2) is 33.1 Å². The topological polar surface area (TPSA) is 98.5 Å². The number of alkyl halides is 1. The normalized spacial score (nSPS) is 14.7. The average molecular weight is 558 g/mol. The first-order valence-electron chi connectivity index (χ1n) is 10.7. The summed E-state index contributed by atoms with van der Waals surface area (Å²) in [4.78, 5) is 10.00. The molecule has 33 heavy (non-hydrogen) atoms. The smallest absolute Gasteiger partial charge is 0.269 e. The van der Waals surface area contributed by atoms with E-state index >= 15 is 0 Å². The van der Waals surface area contributed by atoms with Crippen LogP contribution < -0.4 is 4.72 Å². The van der Waals surface area contributed by atoms with Gasteiger partial charge >= 0.3 is 0 Å². The van der Waals surface area contributed by atoms with Gasteiger partial charge in [0, 0.05) is 18.7 Å².